The molecule has 0 atom stereocenters. The smallest absolute Gasteiger partial charge is 0.433 e. The third kappa shape index (κ3) is 7.16. The lowest BCUT2D eigenvalue weighted by molar-refractivity contribution is -0.348. The number of anilines is 2. The molecule has 230 valence electrons. The maximum absolute atomic E-state index is 14.6. The number of carbonyl (C=O) groups excluding carboxylic acids is 3. The zero-order valence-corrected chi connectivity index (χ0v) is 22.9. The number of hydrogen-bond acceptors (Lipinski definition) is 5. The summed E-state index contributed by atoms with van der Waals surface area (Å²) in [6.07, 6.45) is -13.1. The van der Waals surface area contributed by atoms with Crippen LogP contribution >= 0.6 is 15.9 Å². The van der Waals surface area contributed by atoms with Gasteiger partial charge in [0.1, 0.15) is 0 Å². The van der Waals surface area contributed by atoms with Crippen molar-refractivity contribution in [2.45, 2.75) is 24.6 Å². The quantitative estimate of drug-likeness (QED) is 0.322. The molecule has 1 heterocycles. The van der Waals surface area contributed by atoms with E-state index in [9.17, 15) is 58.1 Å². The Morgan fingerprint density at radius 1 is 0.929 bits per heavy atom. The van der Waals surface area contributed by atoms with Crippen LogP contribution in [-0.4, -0.2) is 70.4 Å². The van der Waals surface area contributed by atoms with Gasteiger partial charge >= 0.3 is 36.4 Å². The number of nitrogens with zero attached hydrogens (tertiary/aromatic N) is 1. The monoisotopic (exact) mass is 697 g/mol. The number of amides is 3. The fraction of sp³-hybridized carbons (Fsp3) is 0.348. The van der Waals surface area contributed by atoms with Crippen molar-refractivity contribution in [3.8, 4) is 5.75 Å². The Hall–Kier alpha value is -3.35. The zero-order valence-electron chi connectivity index (χ0n) is 20.5. The number of halogens is 10. The van der Waals surface area contributed by atoms with Gasteiger partial charge in [0, 0.05) is 56.7 Å². The Bertz CT molecular complexity index is 1380. The van der Waals surface area contributed by atoms with Crippen molar-refractivity contribution in [3.05, 3.63) is 52.0 Å². The second-order valence-electron chi connectivity index (χ2n) is 8.49. The molecule has 0 unspecified atom stereocenters. The molecule has 0 aromatic heterocycles. The number of hydrogen-bond donors (Lipinski definition) is 2. The highest BCUT2D eigenvalue weighted by atomic mass is 79.9. The van der Waals surface area contributed by atoms with Crippen molar-refractivity contribution in [1.82, 2.24) is 4.90 Å². The van der Waals surface area contributed by atoms with Crippen LogP contribution in [0.25, 0.3) is 0 Å². The van der Waals surface area contributed by atoms with Gasteiger partial charge in [0.2, 0.25) is 0 Å². The first-order valence-electron chi connectivity index (χ1n) is 11.3. The van der Waals surface area contributed by atoms with Crippen molar-refractivity contribution in [2.75, 3.05) is 35.2 Å². The maximum Gasteiger partial charge on any atom is 0.435 e. The molecule has 19 heteroatoms. The molecule has 2 aromatic rings. The summed E-state index contributed by atoms with van der Waals surface area (Å²) in [7, 11) is -1.12. The number of carbonyl (C=O) groups is 3. The summed E-state index contributed by atoms with van der Waals surface area (Å²) in [5.41, 5.74) is -9.43. The minimum absolute atomic E-state index is 0.00661. The third-order valence-corrected chi connectivity index (χ3v) is 7.63. The van der Waals surface area contributed by atoms with E-state index in [2.05, 4.69) is 26.0 Å². The molecule has 0 aliphatic carbocycles. The van der Waals surface area contributed by atoms with Gasteiger partial charge in [-0.15, -0.1) is 0 Å². The molecule has 0 bridgehead atoms. The number of rotatable bonds is 6. The van der Waals surface area contributed by atoms with E-state index in [1.807, 2.05) is 5.32 Å². The maximum atomic E-state index is 14.6. The molecule has 0 saturated carbocycles. The minimum Gasteiger partial charge on any atom is -0.433 e. The average Bonchev–Trinajstić information content (AvgIpc) is 2.88. The van der Waals surface area contributed by atoms with Gasteiger partial charge in [-0.25, -0.2) is 4.39 Å². The van der Waals surface area contributed by atoms with Gasteiger partial charge in [-0.1, -0.05) is 6.07 Å². The molecular weight excluding hydrogens is 681 g/mol. The predicted molar refractivity (Wildman–Crippen MR) is 133 cm³/mol. The van der Waals surface area contributed by atoms with Gasteiger partial charge in [-0.05, 0) is 46.3 Å². The highest BCUT2D eigenvalue weighted by Crippen LogP contribution is 2.55. The van der Waals surface area contributed by atoms with Gasteiger partial charge in [0.15, 0.2) is 5.75 Å². The first kappa shape index (κ1) is 33.2. The predicted octanol–water partition coefficient (Wildman–Crippen LogP) is 5.12. The Balaban J connectivity index is 1.89. The summed E-state index contributed by atoms with van der Waals surface area (Å²) in [6.45, 7) is -3.66. The van der Waals surface area contributed by atoms with Crippen LogP contribution in [-0.2, 0) is 26.1 Å². The number of nitrogens with one attached hydrogen (secondary N) is 2. The van der Waals surface area contributed by atoms with Crippen LogP contribution in [0.4, 0.5) is 50.9 Å². The zero-order chi connectivity index (χ0) is 31.6. The summed E-state index contributed by atoms with van der Waals surface area (Å²) in [5.74, 6) is -4.30. The molecule has 1 saturated heterocycles. The normalized spacial score (nSPS) is 15.0. The molecule has 3 rings (SSSR count). The van der Waals surface area contributed by atoms with E-state index in [0.29, 0.717) is 0 Å². The molecule has 2 N–H and O–H groups in total. The molecule has 1 aliphatic heterocycles. The summed E-state index contributed by atoms with van der Waals surface area (Å²) in [4.78, 5) is 38.7. The van der Waals surface area contributed by atoms with Crippen LogP contribution < -0.4 is 15.4 Å². The van der Waals surface area contributed by atoms with Crippen molar-refractivity contribution < 1.29 is 62.8 Å². The average molecular weight is 698 g/mol. The fourth-order valence-electron chi connectivity index (χ4n) is 3.67. The molecular formula is C23H17BrF9N3O5S. The summed E-state index contributed by atoms with van der Waals surface area (Å²) >= 11 is 2.56. The van der Waals surface area contributed by atoms with Crippen LogP contribution in [0.15, 0.2) is 40.9 Å². The first-order chi connectivity index (χ1) is 19.3. The van der Waals surface area contributed by atoms with E-state index < -0.39 is 74.6 Å². The molecule has 1 fully saturated rings. The number of benzene rings is 2. The van der Waals surface area contributed by atoms with Crippen LogP contribution in [0, 0.1) is 0 Å². The highest BCUT2D eigenvalue weighted by Gasteiger charge is 2.73. The summed E-state index contributed by atoms with van der Waals surface area (Å²) in [5, 5.41) is 4.21. The van der Waals surface area contributed by atoms with Gasteiger partial charge in [0.05, 0.1) is 5.69 Å². The van der Waals surface area contributed by atoms with Crippen LogP contribution in [0.2, 0.25) is 0 Å². The summed E-state index contributed by atoms with van der Waals surface area (Å²) in [6, 6.07) is 4.35. The Kier molecular flexibility index (Phi) is 9.85. The second kappa shape index (κ2) is 12.5. The van der Waals surface area contributed by atoms with Gasteiger partial charge in [0.25, 0.3) is 5.91 Å². The Morgan fingerprint density at radius 3 is 2.07 bits per heavy atom. The molecule has 3 amide bonds. The number of alkyl halides is 9. The van der Waals surface area contributed by atoms with E-state index in [4.69, 9.17) is 0 Å². The topological polar surface area (TPSA) is 105 Å². The van der Waals surface area contributed by atoms with Crippen molar-refractivity contribution in [2.24, 2.45) is 0 Å². The molecule has 0 radical (unpaired) electrons. The molecule has 8 nitrogen and oxygen atoms in total. The van der Waals surface area contributed by atoms with E-state index in [-0.39, 0.29) is 48.0 Å². The summed E-state index contributed by atoms with van der Waals surface area (Å²) < 4.78 is 134. The van der Waals surface area contributed by atoms with Gasteiger partial charge in [-0.3, -0.25) is 18.6 Å². The van der Waals surface area contributed by atoms with Gasteiger partial charge in [-0.2, -0.15) is 35.1 Å². The second-order valence-corrected chi connectivity index (χ2v) is 11.0. The van der Waals surface area contributed by atoms with Crippen LogP contribution in [0.5, 0.6) is 5.75 Å². The van der Waals surface area contributed by atoms with E-state index in [1.54, 1.807) is 0 Å². The number of ether oxygens (including phenoxy) is 1. The standard InChI is InChI=1S/C23H17BrF9N3O5S/c24-14-9-12(21(27,22(28,29)30)23(31,32)33)10-15(41-20(25)26)16(14)35-17(37)11-2-1-3-13(8-11)34-18(38)19(39)36-4-6-42(40)7-5-36/h1-3,8-10,20H,4-7H2,(H,34,38)(H,35,37). The van der Waals surface area contributed by atoms with Crippen molar-refractivity contribution >= 4 is 55.8 Å². The molecule has 0 spiro atoms. The van der Waals surface area contributed by atoms with Crippen LogP contribution in [0.3, 0.4) is 0 Å². The third-order valence-electron chi connectivity index (χ3n) is 5.73. The largest absolute Gasteiger partial charge is 0.435 e. The lowest BCUT2D eigenvalue weighted by Gasteiger charge is -2.31. The van der Waals surface area contributed by atoms with Gasteiger partial charge < -0.3 is 20.3 Å². The fourth-order valence-corrected chi connectivity index (χ4v) is 5.26. The van der Waals surface area contributed by atoms with Crippen molar-refractivity contribution in [3.63, 3.8) is 0 Å². The lowest BCUT2D eigenvalue weighted by Crippen LogP contribution is -2.50. The Labute approximate surface area is 241 Å². The highest BCUT2D eigenvalue weighted by molar-refractivity contribution is 9.10. The van der Waals surface area contributed by atoms with E-state index in [0.717, 1.165) is 12.1 Å². The first-order valence-corrected chi connectivity index (χ1v) is 13.6. The van der Waals surface area contributed by atoms with Crippen LogP contribution in [0.1, 0.15) is 15.9 Å². The molecule has 2 aromatic carbocycles. The minimum atomic E-state index is -6.56. The van der Waals surface area contributed by atoms with Crippen molar-refractivity contribution in [1.29, 1.82) is 0 Å². The van der Waals surface area contributed by atoms with E-state index in [1.165, 1.54) is 17.0 Å². The lowest BCUT2D eigenvalue weighted by atomic mass is 9.93. The Morgan fingerprint density at radius 2 is 1.52 bits per heavy atom. The molecule has 1 aliphatic rings. The van der Waals surface area contributed by atoms with E-state index >= 15 is 0 Å². The SMILES string of the molecule is O=C(Nc1cccc(C(=O)Nc2c(Br)cc(C(F)(C(F)(F)F)C(F)(F)F)cc2OC(F)F)c1)C(=O)N1CCS(=O)CC1. The molecule has 42 heavy (non-hydrogen) atoms.